The van der Waals surface area contributed by atoms with Crippen LogP contribution in [0.15, 0.2) is 24.3 Å². The Labute approximate surface area is 129 Å². The van der Waals surface area contributed by atoms with Crippen LogP contribution >= 0.6 is 0 Å². The van der Waals surface area contributed by atoms with Crippen LogP contribution in [-0.2, 0) is 4.79 Å². The Morgan fingerprint density at radius 1 is 1.18 bits per heavy atom. The quantitative estimate of drug-likeness (QED) is 0.946. The summed E-state index contributed by atoms with van der Waals surface area (Å²) in [6, 6.07) is 7.82. The van der Waals surface area contributed by atoms with Gasteiger partial charge in [-0.1, -0.05) is 19.1 Å². The number of aromatic nitrogens is 2. The third-order valence-corrected chi connectivity index (χ3v) is 4.65. The minimum atomic E-state index is 0.0810. The molecule has 1 aliphatic heterocycles. The minimum Gasteiger partial charge on any atom is -0.354 e. The summed E-state index contributed by atoms with van der Waals surface area (Å²) in [5, 5.41) is 3.02. The van der Waals surface area contributed by atoms with E-state index in [1.807, 2.05) is 24.3 Å². The van der Waals surface area contributed by atoms with Crippen LogP contribution in [0.3, 0.4) is 0 Å². The van der Waals surface area contributed by atoms with Gasteiger partial charge in [-0.2, -0.15) is 0 Å². The molecule has 2 aliphatic rings. The van der Waals surface area contributed by atoms with E-state index >= 15 is 0 Å². The highest BCUT2D eigenvalue weighted by molar-refractivity contribution is 5.97. The molecule has 1 aromatic carbocycles. The van der Waals surface area contributed by atoms with Crippen molar-refractivity contribution in [1.29, 1.82) is 0 Å². The maximum atomic E-state index is 12.3. The fourth-order valence-corrected chi connectivity index (χ4v) is 3.12. The molecule has 114 valence electrons. The Hall–Kier alpha value is -2.17. The second kappa shape index (κ2) is 5.23. The van der Waals surface area contributed by atoms with Crippen LogP contribution in [-0.4, -0.2) is 29.0 Å². The van der Waals surface area contributed by atoms with Crippen molar-refractivity contribution in [2.45, 2.75) is 26.2 Å². The van der Waals surface area contributed by atoms with Crippen LogP contribution < -0.4 is 10.2 Å². The smallest absolute Gasteiger partial charge is 0.229 e. The van der Waals surface area contributed by atoms with E-state index in [1.165, 1.54) is 12.8 Å². The molecule has 1 aromatic heterocycles. The number of carbonyl (C=O) groups is 1. The SMILES string of the molecule is C[C@@H]1C[C@@H]1C(=O)Nc1nc2ccccc2nc1N1CCCC1. The molecule has 2 fully saturated rings. The Balaban J connectivity index is 1.72. The first kappa shape index (κ1) is 13.5. The number of para-hydroxylation sites is 2. The zero-order valence-corrected chi connectivity index (χ0v) is 12.7. The van der Waals surface area contributed by atoms with Gasteiger partial charge in [-0.25, -0.2) is 9.97 Å². The Kier molecular flexibility index (Phi) is 3.21. The van der Waals surface area contributed by atoms with Gasteiger partial charge in [0.15, 0.2) is 11.6 Å². The van der Waals surface area contributed by atoms with Crippen molar-refractivity contribution in [2.75, 3.05) is 23.3 Å². The molecule has 2 aromatic rings. The molecular formula is C17H20N4O. The lowest BCUT2D eigenvalue weighted by atomic mass is 10.3. The predicted octanol–water partition coefficient (Wildman–Crippen LogP) is 2.82. The molecule has 0 radical (unpaired) electrons. The highest BCUT2D eigenvalue weighted by atomic mass is 16.2. The van der Waals surface area contributed by atoms with Gasteiger partial charge >= 0.3 is 0 Å². The maximum absolute atomic E-state index is 12.3. The summed E-state index contributed by atoms with van der Waals surface area (Å²) in [6.45, 7) is 4.07. The molecule has 1 N–H and O–H groups in total. The van der Waals surface area contributed by atoms with Gasteiger partial charge in [0, 0.05) is 19.0 Å². The fraction of sp³-hybridized carbons (Fsp3) is 0.471. The third-order valence-electron chi connectivity index (χ3n) is 4.65. The van der Waals surface area contributed by atoms with E-state index in [0.29, 0.717) is 11.7 Å². The molecule has 0 bridgehead atoms. The first-order valence-corrected chi connectivity index (χ1v) is 8.05. The largest absolute Gasteiger partial charge is 0.354 e. The maximum Gasteiger partial charge on any atom is 0.229 e. The second-order valence-electron chi connectivity index (χ2n) is 6.39. The van der Waals surface area contributed by atoms with Gasteiger partial charge in [-0.3, -0.25) is 4.79 Å². The molecule has 1 amide bonds. The zero-order chi connectivity index (χ0) is 15.1. The van der Waals surface area contributed by atoms with E-state index in [0.717, 1.165) is 36.4 Å². The molecule has 22 heavy (non-hydrogen) atoms. The topological polar surface area (TPSA) is 58.1 Å². The van der Waals surface area contributed by atoms with E-state index in [1.54, 1.807) is 0 Å². The van der Waals surface area contributed by atoms with E-state index in [4.69, 9.17) is 4.98 Å². The standard InChI is InChI=1S/C17H20N4O/c1-11-10-12(11)17(22)20-15-16(21-8-4-5-9-21)19-14-7-3-2-6-13(14)18-15/h2-3,6-7,11-12H,4-5,8-10H2,1H3,(H,18,20,22)/t11-,12+/m1/s1. The summed E-state index contributed by atoms with van der Waals surface area (Å²) in [5.74, 6) is 2.14. The first-order chi connectivity index (χ1) is 10.7. The van der Waals surface area contributed by atoms with Crippen molar-refractivity contribution in [3.8, 4) is 0 Å². The van der Waals surface area contributed by atoms with Crippen LogP contribution in [0.1, 0.15) is 26.2 Å². The van der Waals surface area contributed by atoms with Gasteiger partial charge in [-0.05, 0) is 37.3 Å². The summed E-state index contributed by atoms with van der Waals surface area (Å²) in [5.41, 5.74) is 1.70. The lowest BCUT2D eigenvalue weighted by Crippen LogP contribution is -2.24. The first-order valence-electron chi connectivity index (χ1n) is 8.05. The predicted molar refractivity (Wildman–Crippen MR) is 86.9 cm³/mol. The number of amides is 1. The average molecular weight is 296 g/mol. The Morgan fingerprint density at radius 2 is 1.82 bits per heavy atom. The molecule has 1 saturated heterocycles. The number of hydrogen-bond acceptors (Lipinski definition) is 4. The van der Waals surface area contributed by atoms with Gasteiger partial charge in [-0.15, -0.1) is 0 Å². The van der Waals surface area contributed by atoms with Gasteiger partial charge in [0.1, 0.15) is 0 Å². The van der Waals surface area contributed by atoms with Crippen LogP contribution in [0.25, 0.3) is 11.0 Å². The molecular weight excluding hydrogens is 276 g/mol. The molecule has 1 saturated carbocycles. The van der Waals surface area contributed by atoms with Crippen molar-refractivity contribution in [2.24, 2.45) is 11.8 Å². The summed E-state index contributed by atoms with van der Waals surface area (Å²) in [4.78, 5) is 23.9. The van der Waals surface area contributed by atoms with Gasteiger partial charge < -0.3 is 10.2 Å². The molecule has 0 spiro atoms. The highest BCUT2D eigenvalue weighted by Gasteiger charge is 2.39. The normalized spacial score (nSPS) is 23.8. The molecule has 1 aliphatic carbocycles. The molecule has 2 heterocycles. The fourth-order valence-electron chi connectivity index (χ4n) is 3.12. The minimum absolute atomic E-state index is 0.0810. The Bertz CT molecular complexity index is 724. The molecule has 5 nitrogen and oxygen atoms in total. The van der Waals surface area contributed by atoms with E-state index < -0.39 is 0 Å². The third kappa shape index (κ3) is 2.40. The van der Waals surface area contributed by atoms with E-state index in [-0.39, 0.29) is 11.8 Å². The average Bonchev–Trinajstić information content (AvgIpc) is 3.03. The lowest BCUT2D eigenvalue weighted by molar-refractivity contribution is -0.117. The summed E-state index contributed by atoms with van der Waals surface area (Å²) in [7, 11) is 0. The van der Waals surface area contributed by atoms with E-state index in [2.05, 4.69) is 22.1 Å². The molecule has 4 rings (SSSR count). The number of fused-ring (bicyclic) bond motifs is 1. The molecule has 0 unspecified atom stereocenters. The Morgan fingerprint density at radius 3 is 2.45 bits per heavy atom. The number of hydrogen-bond donors (Lipinski definition) is 1. The van der Waals surface area contributed by atoms with Crippen molar-refractivity contribution in [3.05, 3.63) is 24.3 Å². The number of benzene rings is 1. The van der Waals surface area contributed by atoms with Gasteiger partial charge in [0.05, 0.1) is 11.0 Å². The van der Waals surface area contributed by atoms with Crippen molar-refractivity contribution in [1.82, 2.24) is 9.97 Å². The van der Waals surface area contributed by atoms with Crippen LogP contribution in [0.4, 0.5) is 11.6 Å². The molecule has 5 heteroatoms. The van der Waals surface area contributed by atoms with Crippen molar-refractivity contribution < 1.29 is 4.79 Å². The molecule has 2 atom stereocenters. The van der Waals surface area contributed by atoms with Crippen LogP contribution in [0.5, 0.6) is 0 Å². The van der Waals surface area contributed by atoms with Crippen molar-refractivity contribution >= 4 is 28.6 Å². The van der Waals surface area contributed by atoms with Gasteiger partial charge in [0.2, 0.25) is 5.91 Å². The number of nitrogens with one attached hydrogen (secondary N) is 1. The van der Waals surface area contributed by atoms with Crippen LogP contribution in [0.2, 0.25) is 0 Å². The lowest BCUT2D eigenvalue weighted by Gasteiger charge is -2.20. The highest BCUT2D eigenvalue weighted by Crippen LogP contribution is 2.39. The summed E-state index contributed by atoms with van der Waals surface area (Å²) in [6.07, 6.45) is 3.31. The number of carbonyl (C=O) groups excluding carboxylic acids is 1. The summed E-state index contributed by atoms with van der Waals surface area (Å²) < 4.78 is 0. The zero-order valence-electron chi connectivity index (χ0n) is 12.7. The second-order valence-corrected chi connectivity index (χ2v) is 6.39. The van der Waals surface area contributed by atoms with Gasteiger partial charge in [0.25, 0.3) is 0 Å². The van der Waals surface area contributed by atoms with E-state index in [9.17, 15) is 4.79 Å². The monoisotopic (exact) mass is 296 g/mol. The number of rotatable bonds is 3. The van der Waals surface area contributed by atoms with Crippen molar-refractivity contribution in [3.63, 3.8) is 0 Å². The summed E-state index contributed by atoms with van der Waals surface area (Å²) >= 11 is 0. The number of anilines is 2. The van der Waals surface area contributed by atoms with Crippen LogP contribution in [0, 0.1) is 11.8 Å². The number of nitrogens with zero attached hydrogens (tertiary/aromatic N) is 3.